The van der Waals surface area contributed by atoms with E-state index in [2.05, 4.69) is 25.1 Å². The number of hydrogen-bond donors (Lipinski definition) is 1. The number of aromatic nitrogens is 6. The number of aliphatic hydroxyl groups is 1. The summed E-state index contributed by atoms with van der Waals surface area (Å²) in [6, 6.07) is 7.08. The zero-order valence-electron chi connectivity index (χ0n) is 20.3. The summed E-state index contributed by atoms with van der Waals surface area (Å²) in [5.74, 6) is 0.276. The highest BCUT2D eigenvalue weighted by molar-refractivity contribution is 7.90. The topological polar surface area (TPSA) is 142 Å². The minimum absolute atomic E-state index is 0.0311. The van der Waals surface area contributed by atoms with Crippen LogP contribution in [0.3, 0.4) is 0 Å². The van der Waals surface area contributed by atoms with E-state index in [1.165, 1.54) is 26.6 Å². The van der Waals surface area contributed by atoms with E-state index in [-0.39, 0.29) is 11.6 Å². The first-order chi connectivity index (χ1) is 17.2. The summed E-state index contributed by atoms with van der Waals surface area (Å²) < 4.78 is 39.1. The van der Waals surface area contributed by atoms with Crippen molar-refractivity contribution in [3.63, 3.8) is 0 Å². The predicted octanol–water partition coefficient (Wildman–Crippen LogP) is 2.40. The van der Waals surface area contributed by atoms with Gasteiger partial charge in [-0.15, -0.1) is 10.2 Å². The summed E-state index contributed by atoms with van der Waals surface area (Å²) in [7, 11) is -0.880. The summed E-state index contributed by atoms with van der Waals surface area (Å²) >= 11 is 0. The summed E-state index contributed by atoms with van der Waals surface area (Å²) in [5, 5.41) is 19.0. The van der Waals surface area contributed by atoms with Crippen LogP contribution in [0.2, 0.25) is 0 Å². The van der Waals surface area contributed by atoms with Gasteiger partial charge in [-0.1, -0.05) is 6.07 Å². The van der Waals surface area contributed by atoms with Gasteiger partial charge in [0.1, 0.15) is 29.0 Å². The van der Waals surface area contributed by atoms with Crippen LogP contribution in [0.5, 0.6) is 11.5 Å². The Morgan fingerprint density at radius 2 is 1.64 bits per heavy atom. The fraction of sp³-hybridized carbons (Fsp3) is 0.292. The van der Waals surface area contributed by atoms with E-state index in [0.717, 1.165) is 11.1 Å². The minimum atomic E-state index is -3.89. The first-order valence-electron chi connectivity index (χ1n) is 11.0. The highest BCUT2D eigenvalue weighted by Crippen LogP contribution is 2.36. The van der Waals surface area contributed by atoms with Crippen molar-refractivity contribution in [3.8, 4) is 28.6 Å². The molecule has 188 valence electrons. The molecule has 3 heterocycles. The van der Waals surface area contributed by atoms with E-state index >= 15 is 0 Å². The number of sulfone groups is 1. The van der Waals surface area contributed by atoms with Gasteiger partial charge in [0.05, 0.1) is 20.0 Å². The van der Waals surface area contributed by atoms with Gasteiger partial charge in [0, 0.05) is 30.4 Å². The molecule has 0 saturated carbocycles. The number of benzene rings is 1. The predicted molar refractivity (Wildman–Crippen MR) is 132 cm³/mol. The molecule has 3 aromatic heterocycles. The van der Waals surface area contributed by atoms with Gasteiger partial charge in [-0.2, -0.15) is 0 Å². The van der Waals surface area contributed by atoms with Crippen molar-refractivity contribution in [2.75, 3.05) is 20.0 Å². The first kappa shape index (κ1) is 25.2. The first-order valence-corrected chi connectivity index (χ1v) is 12.8. The molecule has 0 radical (unpaired) electrons. The van der Waals surface area contributed by atoms with E-state index in [1.54, 1.807) is 42.1 Å². The lowest BCUT2D eigenvalue weighted by atomic mass is 10.2. The summed E-state index contributed by atoms with van der Waals surface area (Å²) in [5.41, 5.74) is 2.76. The lowest BCUT2D eigenvalue weighted by Gasteiger charge is -2.17. The van der Waals surface area contributed by atoms with Crippen molar-refractivity contribution in [1.29, 1.82) is 0 Å². The van der Waals surface area contributed by atoms with E-state index in [4.69, 9.17) is 9.47 Å². The Balaban J connectivity index is 1.80. The van der Waals surface area contributed by atoms with Crippen LogP contribution in [-0.4, -0.2) is 63.2 Å². The normalized spacial score (nSPS) is 12.4. The quantitative estimate of drug-likeness (QED) is 0.357. The van der Waals surface area contributed by atoms with Crippen LogP contribution in [0.25, 0.3) is 17.1 Å². The fourth-order valence-corrected chi connectivity index (χ4v) is 5.03. The van der Waals surface area contributed by atoms with Crippen molar-refractivity contribution < 1.29 is 23.0 Å². The van der Waals surface area contributed by atoms with Gasteiger partial charge in [0.2, 0.25) is 0 Å². The van der Waals surface area contributed by atoms with Crippen molar-refractivity contribution in [3.05, 3.63) is 71.8 Å². The highest BCUT2D eigenvalue weighted by Gasteiger charge is 2.28. The fourth-order valence-electron chi connectivity index (χ4n) is 3.71. The number of nitrogens with zero attached hydrogens (tertiary/aromatic N) is 6. The molecule has 0 aliphatic heterocycles. The van der Waals surface area contributed by atoms with Crippen LogP contribution in [0.1, 0.15) is 28.9 Å². The van der Waals surface area contributed by atoms with Crippen LogP contribution in [0, 0.1) is 13.8 Å². The van der Waals surface area contributed by atoms with Gasteiger partial charge < -0.3 is 14.6 Å². The van der Waals surface area contributed by atoms with Crippen molar-refractivity contribution in [2.24, 2.45) is 0 Å². The zero-order valence-corrected chi connectivity index (χ0v) is 21.1. The zero-order chi connectivity index (χ0) is 25.9. The molecule has 0 bridgehead atoms. The number of aliphatic hydroxyl groups excluding tert-OH is 1. The van der Waals surface area contributed by atoms with Crippen molar-refractivity contribution >= 4 is 9.84 Å². The molecule has 4 rings (SSSR count). The van der Waals surface area contributed by atoms with E-state index in [9.17, 15) is 13.5 Å². The lowest BCUT2D eigenvalue weighted by Crippen LogP contribution is -2.20. The Kier molecular flexibility index (Phi) is 7.27. The molecule has 1 aromatic carbocycles. The summed E-state index contributed by atoms with van der Waals surface area (Å²) in [4.78, 5) is 12.3. The molecule has 1 atom stereocenters. The standard InChI is InChI=1S/C24H26N6O5S/c1-15-8-17(12-25-9-15)24-29-28-21(30(24)22-19(34-3)6-5-7-20(22)35-4)14-36(32,33)13-18(31)23-26-10-16(2)11-27-23/h5-12,18,31H,13-14H2,1-4H3/t18-/m0/s1. The second-order valence-corrected chi connectivity index (χ2v) is 10.3. The number of aryl methyl sites for hydroxylation is 2. The number of methoxy groups -OCH3 is 2. The van der Waals surface area contributed by atoms with E-state index in [0.29, 0.717) is 28.6 Å². The van der Waals surface area contributed by atoms with Crippen LogP contribution in [0.4, 0.5) is 0 Å². The number of rotatable bonds is 9. The van der Waals surface area contributed by atoms with Crippen molar-refractivity contribution in [2.45, 2.75) is 25.7 Å². The number of hydrogen-bond acceptors (Lipinski definition) is 10. The minimum Gasteiger partial charge on any atom is -0.494 e. The maximum atomic E-state index is 13.2. The highest BCUT2D eigenvalue weighted by atomic mass is 32.2. The Bertz CT molecular complexity index is 1450. The second kappa shape index (κ2) is 10.4. The summed E-state index contributed by atoms with van der Waals surface area (Å²) in [6.07, 6.45) is 4.96. The monoisotopic (exact) mass is 510 g/mol. The lowest BCUT2D eigenvalue weighted by molar-refractivity contribution is 0.191. The molecule has 0 aliphatic carbocycles. The summed E-state index contributed by atoms with van der Waals surface area (Å²) in [6.45, 7) is 3.69. The number of pyridine rings is 1. The molecular formula is C24H26N6O5S. The number of ether oxygens (including phenoxy) is 2. The Hall–Kier alpha value is -3.90. The van der Waals surface area contributed by atoms with E-state index in [1.807, 2.05) is 13.0 Å². The third-order valence-electron chi connectivity index (χ3n) is 5.35. The van der Waals surface area contributed by atoms with E-state index < -0.39 is 27.4 Å². The molecule has 11 nitrogen and oxygen atoms in total. The Labute approximate surface area is 208 Å². The third kappa shape index (κ3) is 5.34. The van der Waals surface area contributed by atoms with Crippen LogP contribution in [-0.2, 0) is 15.6 Å². The molecule has 0 unspecified atom stereocenters. The van der Waals surface area contributed by atoms with Gasteiger partial charge in [-0.3, -0.25) is 9.55 Å². The third-order valence-corrected chi connectivity index (χ3v) is 6.87. The number of para-hydroxylation sites is 1. The second-order valence-electron chi connectivity index (χ2n) is 8.23. The molecule has 0 spiro atoms. The molecular weight excluding hydrogens is 484 g/mol. The SMILES string of the molecule is COc1cccc(OC)c1-n1c(CS(=O)(=O)C[C@H](O)c2ncc(C)cn2)nnc1-c1cncc(C)c1. The molecule has 1 N–H and O–H groups in total. The van der Waals surface area contributed by atoms with Gasteiger partial charge in [-0.05, 0) is 43.2 Å². The van der Waals surface area contributed by atoms with Crippen molar-refractivity contribution in [1.82, 2.24) is 29.7 Å². The van der Waals surface area contributed by atoms with Crippen LogP contribution in [0.15, 0.2) is 49.1 Å². The smallest absolute Gasteiger partial charge is 0.170 e. The molecule has 0 aliphatic rings. The van der Waals surface area contributed by atoms with Gasteiger partial charge in [-0.25, -0.2) is 18.4 Å². The molecule has 4 aromatic rings. The van der Waals surface area contributed by atoms with Gasteiger partial charge in [0.15, 0.2) is 27.3 Å². The van der Waals surface area contributed by atoms with Crippen LogP contribution < -0.4 is 9.47 Å². The average molecular weight is 511 g/mol. The molecule has 12 heteroatoms. The molecule has 0 amide bonds. The van der Waals surface area contributed by atoms with Gasteiger partial charge >= 0.3 is 0 Å². The maximum Gasteiger partial charge on any atom is 0.170 e. The Morgan fingerprint density at radius 1 is 0.972 bits per heavy atom. The molecule has 36 heavy (non-hydrogen) atoms. The maximum absolute atomic E-state index is 13.2. The largest absolute Gasteiger partial charge is 0.494 e. The van der Waals surface area contributed by atoms with Crippen LogP contribution >= 0.6 is 0 Å². The molecule has 0 fully saturated rings. The van der Waals surface area contributed by atoms with Gasteiger partial charge in [0.25, 0.3) is 0 Å². The average Bonchev–Trinajstić information content (AvgIpc) is 3.25. The Morgan fingerprint density at radius 3 is 2.25 bits per heavy atom. The molecule has 0 saturated heterocycles.